The van der Waals surface area contributed by atoms with Gasteiger partial charge in [0, 0.05) is 24.3 Å². The van der Waals surface area contributed by atoms with E-state index in [1.165, 1.54) is 12.8 Å². The second kappa shape index (κ2) is 8.46. The fourth-order valence-corrected chi connectivity index (χ4v) is 3.85. The quantitative estimate of drug-likeness (QED) is 0.706. The fraction of sp³-hybridized carbons (Fsp3) is 0.458. The number of hydrogen-bond donors (Lipinski definition) is 0. The van der Waals surface area contributed by atoms with Gasteiger partial charge in [-0.1, -0.05) is 32.9 Å². The summed E-state index contributed by atoms with van der Waals surface area (Å²) in [7, 11) is 3.01. The van der Waals surface area contributed by atoms with E-state index in [1.54, 1.807) is 7.11 Å². The molecule has 29 heavy (non-hydrogen) atoms. The van der Waals surface area contributed by atoms with Crippen LogP contribution in [-0.2, 0) is 14.9 Å². The van der Waals surface area contributed by atoms with Gasteiger partial charge in [-0.05, 0) is 47.2 Å². The normalized spacial score (nSPS) is 14.6. The van der Waals surface area contributed by atoms with Gasteiger partial charge in [-0.25, -0.2) is 4.79 Å². The number of rotatable bonds is 4. The Balaban J connectivity index is 2.12. The summed E-state index contributed by atoms with van der Waals surface area (Å²) >= 11 is 0. The van der Waals surface area contributed by atoms with Crippen LogP contribution in [0, 0.1) is 6.92 Å². The van der Waals surface area contributed by atoms with Crippen molar-refractivity contribution in [1.82, 2.24) is 0 Å². The van der Waals surface area contributed by atoms with Gasteiger partial charge < -0.3 is 19.1 Å². The third-order valence-electron chi connectivity index (χ3n) is 5.50. The van der Waals surface area contributed by atoms with Gasteiger partial charge in [0.25, 0.3) is 0 Å². The lowest BCUT2D eigenvalue weighted by atomic mass is 9.81. The van der Waals surface area contributed by atoms with Crippen LogP contribution in [0.1, 0.15) is 42.3 Å². The van der Waals surface area contributed by atoms with Gasteiger partial charge in [-0.15, -0.1) is 0 Å². The summed E-state index contributed by atoms with van der Waals surface area (Å²) in [6.45, 7) is 11.6. The topological polar surface area (TPSA) is 48.0 Å². The monoisotopic (exact) mass is 397 g/mol. The number of esters is 1. The molecule has 1 aliphatic heterocycles. The second-order valence-electron chi connectivity index (χ2n) is 8.39. The van der Waals surface area contributed by atoms with E-state index in [2.05, 4.69) is 56.0 Å². The van der Waals surface area contributed by atoms with Gasteiger partial charge in [0.15, 0.2) is 0 Å². The molecule has 5 nitrogen and oxygen atoms in total. The van der Waals surface area contributed by atoms with E-state index in [9.17, 15) is 4.79 Å². The summed E-state index contributed by atoms with van der Waals surface area (Å²) in [5, 5.41) is 0. The highest BCUT2D eigenvalue weighted by Gasteiger charge is 2.28. The second-order valence-corrected chi connectivity index (χ2v) is 8.39. The molecule has 3 rings (SSSR count). The molecule has 0 spiro atoms. The molecule has 2 aromatic rings. The number of anilines is 1. The summed E-state index contributed by atoms with van der Waals surface area (Å²) in [6.07, 6.45) is 0. The molecule has 0 radical (unpaired) electrons. The molecular formula is C24H31NO4. The number of morpholine rings is 1. The lowest BCUT2D eigenvalue weighted by molar-refractivity contribution is 0.0596. The van der Waals surface area contributed by atoms with Crippen LogP contribution in [0.5, 0.6) is 5.75 Å². The van der Waals surface area contributed by atoms with Gasteiger partial charge in [-0.2, -0.15) is 0 Å². The van der Waals surface area contributed by atoms with Crippen LogP contribution in [-0.4, -0.2) is 46.5 Å². The average molecular weight is 398 g/mol. The molecular weight excluding hydrogens is 366 g/mol. The Morgan fingerprint density at radius 3 is 2.21 bits per heavy atom. The van der Waals surface area contributed by atoms with Gasteiger partial charge in [-0.3, -0.25) is 0 Å². The van der Waals surface area contributed by atoms with Crippen molar-refractivity contribution < 1.29 is 19.0 Å². The van der Waals surface area contributed by atoms with E-state index >= 15 is 0 Å². The molecule has 1 heterocycles. The molecule has 0 amide bonds. The standard InChI is InChI=1S/C24H31NO4/c1-16-19(17-7-9-18(10-8-17)25-11-13-29-14-12-25)15-20(24(2,3)4)22(27-5)21(16)23(26)28-6/h7-10,15H,11-14H2,1-6H3. The smallest absolute Gasteiger partial charge is 0.341 e. The molecule has 0 N–H and O–H groups in total. The zero-order chi connectivity index (χ0) is 21.2. The first-order valence-electron chi connectivity index (χ1n) is 10.0. The Hall–Kier alpha value is -2.53. The first-order valence-corrected chi connectivity index (χ1v) is 10.0. The molecule has 0 atom stereocenters. The Bertz CT molecular complexity index is 875. The minimum absolute atomic E-state index is 0.190. The minimum atomic E-state index is -0.378. The number of nitrogens with zero attached hydrogens (tertiary/aromatic N) is 1. The number of carbonyl (C=O) groups excluding carboxylic acids is 1. The zero-order valence-corrected chi connectivity index (χ0v) is 18.3. The van der Waals surface area contributed by atoms with Crippen molar-refractivity contribution >= 4 is 11.7 Å². The minimum Gasteiger partial charge on any atom is -0.496 e. The first-order chi connectivity index (χ1) is 13.8. The summed E-state index contributed by atoms with van der Waals surface area (Å²) in [4.78, 5) is 14.9. The van der Waals surface area contributed by atoms with Crippen LogP contribution in [0.2, 0.25) is 0 Å². The predicted molar refractivity (Wildman–Crippen MR) is 116 cm³/mol. The van der Waals surface area contributed by atoms with Gasteiger partial charge in [0.05, 0.1) is 27.4 Å². The number of benzene rings is 2. The lowest BCUT2D eigenvalue weighted by Crippen LogP contribution is -2.36. The molecule has 2 aromatic carbocycles. The van der Waals surface area contributed by atoms with Crippen molar-refractivity contribution in [3.8, 4) is 16.9 Å². The molecule has 1 fully saturated rings. The maximum Gasteiger partial charge on any atom is 0.341 e. The summed E-state index contributed by atoms with van der Waals surface area (Å²) in [5.74, 6) is 0.215. The summed E-state index contributed by atoms with van der Waals surface area (Å²) in [5.41, 5.74) is 5.42. The SMILES string of the molecule is COC(=O)c1c(C)c(-c2ccc(N3CCOCC3)cc2)cc(C(C)(C)C)c1OC. The molecule has 1 aliphatic rings. The molecule has 156 valence electrons. The van der Waals surface area contributed by atoms with E-state index in [0.717, 1.165) is 48.6 Å². The van der Waals surface area contributed by atoms with Crippen molar-refractivity contribution in [3.63, 3.8) is 0 Å². The fourth-order valence-electron chi connectivity index (χ4n) is 3.85. The van der Waals surface area contributed by atoms with Crippen molar-refractivity contribution in [2.45, 2.75) is 33.1 Å². The average Bonchev–Trinajstić information content (AvgIpc) is 2.72. The van der Waals surface area contributed by atoms with Gasteiger partial charge in [0.1, 0.15) is 11.3 Å². The molecule has 0 saturated carbocycles. The van der Waals surface area contributed by atoms with Gasteiger partial charge in [0.2, 0.25) is 0 Å². The predicted octanol–water partition coefficient (Wildman–Crippen LogP) is 4.59. The van der Waals surface area contributed by atoms with Gasteiger partial charge >= 0.3 is 5.97 Å². The Morgan fingerprint density at radius 1 is 1.07 bits per heavy atom. The van der Waals surface area contributed by atoms with Crippen molar-refractivity contribution in [1.29, 1.82) is 0 Å². The maximum atomic E-state index is 12.6. The van der Waals surface area contributed by atoms with Crippen LogP contribution in [0.25, 0.3) is 11.1 Å². The maximum absolute atomic E-state index is 12.6. The van der Waals surface area contributed by atoms with Crippen LogP contribution in [0.3, 0.4) is 0 Å². The van der Waals surface area contributed by atoms with Crippen molar-refractivity contribution in [2.24, 2.45) is 0 Å². The zero-order valence-electron chi connectivity index (χ0n) is 18.3. The molecule has 0 aromatic heterocycles. The van der Waals surface area contributed by atoms with E-state index < -0.39 is 0 Å². The van der Waals surface area contributed by atoms with E-state index in [0.29, 0.717) is 11.3 Å². The van der Waals surface area contributed by atoms with E-state index in [4.69, 9.17) is 14.2 Å². The first kappa shape index (κ1) is 21.2. The third-order valence-corrected chi connectivity index (χ3v) is 5.50. The highest BCUT2D eigenvalue weighted by atomic mass is 16.5. The molecule has 1 saturated heterocycles. The van der Waals surface area contributed by atoms with E-state index in [-0.39, 0.29) is 11.4 Å². The lowest BCUT2D eigenvalue weighted by Gasteiger charge is -2.29. The Morgan fingerprint density at radius 2 is 1.69 bits per heavy atom. The highest BCUT2D eigenvalue weighted by molar-refractivity contribution is 5.97. The largest absolute Gasteiger partial charge is 0.496 e. The molecule has 0 aliphatic carbocycles. The molecule has 0 unspecified atom stereocenters. The van der Waals surface area contributed by atoms with Crippen molar-refractivity contribution in [3.05, 3.63) is 47.0 Å². The number of methoxy groups -OCH3 is 2. The Labute approximate surface area is 173 Å². The number of carbonyl (C=O) groups is 1. The third kappa shape index (κ3) is 4.25. The van der Waals surface area contributed by atoms with Crippen LogP contribution in [0.4, 0.5) is 5.69 Å². The number of hydrogen-bond acceptors (Lipinski definition) is 5. The molecule has 5 heteroatoms. The van der Waals surface area contributed by atoms with E-state index in [1.807, 2.05) is 6.92 Å². The highest BCUT2D eigenvalue weighted by Crippen LogP contribution is 2.41. The summed E-state index contributed by atoms with van der Waals surface area (Å²) in [6, 6.07) is 10.7. The Kier molecular flexibility index (Phi) is 6.18. The molecule has 0 bridgehead atoms. The van der Waals surface area contributed by atoms with Crippen LogP contribution < -0.4 is 9.64 Å². The number of ether oxygens (including phenoxy) is 3. The summed E-state index contributed by atoms with van der Waals surface area (Å²) < 4.78 is 16.2. The van der Waals surface area contributed by atoms with Crippen LogP contribution in [0.15, 0.2) is 30.3 Å². The van der Waals surface area contributed by atoms with Crippen molar-refractivity contribution in [2.75, 3.05) is 45.4 Å². The van der Waals surface area contributed by atoms with Crippen LogP contribution >= 0.6 is 0 Å².